The summed E-state index contributed by atoms with van der Waals surface area (Å²) >= 11 is 0. The van der Waals surface area contributed by atoms with Crippen molar-refractivity contribution in [3.8, 4) is 5.75 Å². The van der Waals surface area contributed by atoms with Crippen LogP contribution in [0.15, 0.2) is 47.4 Å². The third-order valence-electron chi connectivity index (χ3n) is 4.43. The maximum Gasteiger partial charge on any atom is 0.416 e. The van der Waals surface area contributed by atoms with Crippen LogP contribution in [0.1, 0.15) is 43.6 Å². The van der Waals surface area contributed by atoms with Crippen molar-refractivity contribution in [3.05, 3.63) is 69.6 Å². The van der Waals surface area contributed by atoms with Crippen LogP contribution in [0, 0.1) is 0 Å². The van der Waals surface area contributed by atoms with Crippen molar-refractivity contribution in [2.24, 2.45) is 0 Å². The first-order valence-electron chi connectivity index (χ1n) is 8.91. The van der Waals surface area contributed by atoms with Crippen LogP contribution in [0.5, 0.6) is 5.75 Å². The van der Waals surface area contributed by atoms with Gasteiger partial charge < -0.3 is 4.74 Å². The smallest absolute Gasteiger partial charge is 0.416 e. The molecule has 10 heteroatoms. The molecule has 1 atom stereocenters. The lowest BCUT2D eigenvalue weighted by molar-refractivity contribution is -0.137. The molecule has 0 saturated heterocycles. The number of aromatic nitrogens is 1. The molecule has 3 rings (SSSR count). The molecule has 1 aromatic heterocycles. The monoisotopic (exact) mass is 443 g/mol. The first-order valence-corrected chi connectivity index (χ1v) is 10.7. The van der Waals surface area contributed by atoms with Gasteiger partial charge in [0.2, 0.25) is 0 Å². The van der Waals surface area contributed by atoms with Crippen LogP contribution in [-0.4, -0.2) is 24.8 Å². The van der Waals surface area contributed by atoms with Crippen molar-refractivity contribution < 1.29 is 30.5 Å². The predicted octanol–water partition coefficient (Wildman–Crippen LogP) is 3.96. The van der Waals surface area contributed by atoms with E-state index in [0.29, 0.717) is 5.56 Å². The zero-order chi connectivity index (χ0) is 22.5. The quantitative estimate of drug-likeness (QED) is 0.669. The lowest BCUT2D eigenvalue weighted by atomic mass is 9.97. The summed E-state index contributed by atoms with van der Waals surface area (Å²) in [5.74, 6) is 0.218. The van der Waals surface area contributed by atoms with Crippen molar-refractivity contribution in [3.63, 3.8) is 0 Å². The molecule has 30 heavy (non-hydrogen) atoms. The summed E-state index contributed by atoms with van der Waals surface area (Å²) in [5, 5.41) is 0. The summed E-state index contributed by atoms with van der Waals surface area (Å²) in [4.78, 5) is 12.8. The highest BCUT2D eigenvalue weighted by atomic mass is 32.2. The van der Waals surface area contributed by atoms with Crippen LogP contribution >= 0.6 is 0 Å². The summed E-state index contributed by atoms with van der Waals surface area (Å²) in [7, 11) is -3.73. The van der Waals surface area contributed by atoms with Crippen LogP contribution in [0.4, 0.5) is 13.2 Å². The second kappa shape index (κ2) is 7.28. The zero-order valence-electron chi connectivity index (χ0n) is 16.6. The molecule has 0 N–H and O–H groups in total. The Labute approximate surface area is 171 Å². The van der Waals surface area contributed by atoms with Gasteiger partial charge in [0.15, 0.2) is 0 Å². The maximum absolute atomic E-state index is 13.2. The second-order valence-electron chi connectivity index (χ2n) is 7.55. The van der Waals surface area contributed by atoms with Gasteiger partial charge in [-0.15, -0.1) is 0 Å². The van der Waals surface area contributed by atoms with Crippen molar-refractivity contribution in [2.75, 3.05) is 6.26 Å². The fourth-order valence-corrected chi connectivity index (χ4v) is 3.81. The van der Waals surface area contributed by atoms with Gasteiger partial charge in [-0.05, 0) is 56.7 Å². The minimum Gasteiger partial charge on any atom is -0.483 e. The standard InChI is InChI=1S/C20H20F3NO5S/c1-12(29-30(4,26)27)13-7-8-24(18(25)9-13)16-11-19(2,3)28-17-6-5-14(10-15(16)17)20(21,22)23/h5-12H,1-4H3. The molecule has 1 aromatic carbocycles. The highest BCUT2D eigenvalue weighted by molar-refractivity contribution is 7.86. The molecular formula is C20H20F3NO5S. The number of rotatable bonds is 4. The topological polar surface area (TPSA) is 74.6 Å². The highest BCUT2D eigenvalue weighted by Crippen LogP contribution is 2.40. The number of fused-ring (bicyclic) bond motifs is 1. The summed E-state index contributed by atoms with van der Waals surface area (Å²) in [6.07, 6.45) is -1.62. The molecule has 2 heterocycles. The van der Waals surface area contributed by atoms with E-state index in [1.54, 1.807) is 19.9 Å². The summed E-state index contributed by atoms with van der Waals surface area (Å²) in [6.45, 7) is 4.91. The van der Waals surface area contributed by atoms with E-state index < -0.39 is 39.1 Å². The average Bonchev–Trinajstić information content (AvgIpc) is 2.57. The Morgan fingerprint density at radius 1 is 1.17 bits per heavy atom. The lowest BCUT2D eigenvalue weighted by Crippen LogP contribution is -2.32. The minimum atomic E-state index is -4.56. The third-order valence-corrected chi connectivity index (χ3v) is 5.07. The molecule has 0 fully saturated rings. The Balaban J connectivity index is 2.11. The molecule has 1 aliphatic rings. The summed E-state index contributed by atoms with van der Waals surface area (Å²) in [5.41, 5.74) is -1.61. The third kappa shape index (κ3) is 4.76. The molecule has 0 bridgehead atoms. The highest BCUT2D eigenvalue weighted by Gasteiger charge is 2.34. The van der Waals surface area contributed by atoms with Gasteiger partial charge in [0.25, 0.3) is 15.7 Å². The zero-order valence-corrected chi connectivity index (χ0v) is 17.5. The number of hydrogen-bond acceptors (Lipinski definition) is 5. The van der Waals surface area contributed by atoms with Gasteiger partial charge in [0.1, 0.15) is 11.4 Å². The summed E-state index contributed by atoms with van der Waals surface area (Å²) < 4.78 is 74.1. The van der Waals surface area contributed by atoms with Crippen LogP contribution in [0.25, 0.3) is 5.70 Å². The number of pyridine rings is 1. The molecule has 0 amide bonds. The Morgan fingerprint density at radius 3 is 2.40 bits per heavy atom. The molecule has 0 aliphatic carbocycles. The van der Waals surface area contributed by atoms with Crippen molar-refractivity contribution in [1.82, 2.24) is 4.57 Å². The molecular weight excluding hydrogens is 423 g/mol. The van der Waals surface area contributed by atoms with E-state index >= 15 is 0 Å². The molecule has 6 nitrogen and oxygen atoms in total. The minimum absolute atomic E-state index is 0.124. The van der Waals surface area contributed by atoms with Gasteiger partial charge >= 0.3 is 6.18 Å². The van der Waals surface area contributed by atoms with Crippen LogP contribution in [0.2, 0.25) is 0 Å². The van der Waals surface area contributed by atoms with Crippen molar-refractivity contribution in [1.29, 1.82) is 0 Å². The normalized spacial score (nSPS) is 17.0. The Hall–Kier alpha value is -2.59. The van der Waals surface area contributed by atoms with Crippen LogP contribution in [0.3, 0.4) is 0 Å². The number of alkyl halides is 3. The lowest BCUT2D eigenvalue weighted by Gasteiger charge is -2.32. The van der Waals surface area contributed by atoms with Gasteiger partial charge in [-0.2, -0.15) is 21.6 Å². The van der Waals surface area contributed by atoms with E-state index in [0.717, 1.165) is 18.4 Å². The Bertz CT molecular complexity index is 1180. The predicted molar refractivity (Wildman–Crippen MR) is 105 cm³/mol. The Morgan fingerprint density at radius 2 is 1.83 bits per heavy atom. The maximum atomic E-state index is 13.2. The Kier molecular flexibility index (Phi) is 5.36. The van der Waals surface area contributed by atoms with Crippen molar-refractivity contribution >= 4 is 15.8 Å². The van der Waals surface area contributed by atoms with Crippen LogP contribution < -0.4 is 10.3 Å². The molecule has 0 radical (unpaired) electrons. The number of ether oxygens (including phenoxy) is 1. The molecule has 2 aromatic rings. The first-order chi connectivity index (χ1) is 13.7. The van der Waals surface area contributed by atoms with E-state index in [9.17, 15) is 26.4 Å². The number of nitrogens with zero attached hydrogens (tertiary/aromatic N) is 1. The number of halogens is 3. The molecule has 162 valence electrons. The van der Waals surface area contributed by atoms with E-state index in [1.165, 1.54) is 35.9 Å². The first kappa shape index (κ1) is 22.1. The second-order valence-corrected chi connectivity index (χ2v) is 9.16. The fraction of sp³-hybridized carbons (Fsp3) is 0.350. The largest absolute Gasteiger partial charge is 0.483 e. The van der Waals surface area contributed by atoms with E-state index in [4.69, 9.17) is 8.92 Å². The van der Waals surface area contributed by atoms with Gasteiger partial charge in [0.05, 0.1) is 23.6 Å². The van der Waals surface area contributed by atoms with Gasteiger partial charge in [-0.1, -0.05) is 0 Å². The van der Waals surface area contributed by atoms with E-state index in [-0.39, 0.29) is 17.0 Å². The van der Waals surface area contributed by atoms with Gasteiger partial charge in [-0.25, -0.2) is 0 Å². The SMILES string of the molecule is CC(OS(C)(=O)=O)c1ccn(C2=CC(C)(C)Oc3ccc(C(F)(F)F)cc32)c(=O)c1. The average molecular weight is 443 g/mol. The van der Waals surface area contributed by atoms with E-state index in [2.05, 4.69) is 0 Å². The molecule has 1 unspecified atom stereocenters. The molecule has 0 saturated carbocycles. The molecule has 0 spiro atoms. The van der Waals surface area contributed by atoms with Gasteiger partial charge in [-0.3, -0.25) is 13.5 Å². The van der Waals surface area contributed by atoms with Gasteiger partial charge in [0, 0.05) is 17.8 Å². The number of hydrogen-bond donors (Lipinski definition) is 0. The van der Waals surface area contributed by atoms with Crippen LogP contribution in [-0.2, 0) is 20.5 Å². The fourth-order valence-electron chi connectivity index (χ4n) is 3.18. The van der Waals surface area contributed by atoms with E-state index in [1.807, 2.05) is 0 Å². The molecule has 1 aliphatic heterocycles. The van der Waals surface area contributed by atoms with Crippen molar-refractivity contribution in [2.45, 2.75) is 38.7 Å². The number of benzene rings is 1. The summed E-state index contributed by atoms with van der Waals surface area (Å²) in [6, 6.07) is 5.76.